The molecule has 0 aliphatic carbocycles. The molecule has 2 N–H and O–H groups in total. The maximum Gasteiger partial charge on any atom is 0.247 e. The molecule has 8 nitrogen and oxygen atoms in total. The number of hydrogen-bond acceptors (Lipinski definition) is 6. The van der Waals surface area contributed by atoms with Crippen LogP contribution in [0.3, 0.4) is 0 Å². The number of aromatic amines is 1. The first kappa shape index (κ1) is 21.6. The van der Waals surface area contributed by atoms with Crippen molar-refractivity contribution in [1.82, 2.24) is 15.0 Å². The van der Waals surface area contributed by atoms with Gasteiger partial charge in [0.25, 0.3) is 0 Å². The fourth-order valence-corrected chi connectivity index (χ4v) is 3.79. The number of aromatic nitrogens is 3. The van der Waals surface area contributed by atoms with E-state index >= 15 is 0 Å². The van der Waals surface area contributed by atoms with Crippen molar-refractivity contribution in [2.75, 3.05) is 36.5 Å². The van der Waals surface area contributed by atoms with Gasteiger partial charge < -0.3 is 24.7 Å². The van der Waals surface area contributed by atoms with Crippen molar-refractivity contribution in [2.45, 2.75) is 0 Å². The average molecular weight is 459 g/mol. The molecule has 3 heterocycles. The van der Waals surface area contributed by atoms with E-state index in [0.29, 0.717) is 22.7 Å². The molecule has 0 saturated carbocycles. The predicted molar refractivity (Wildman–Crippen MR) is 128 cm³/mol. The summed E-state index contributed by atoms with van der Waals surface area (Å²) in [5.74, 6) is -0.473. The lowest BCUT2D eigenvalue weighted by molar-refractivity contribution is -0.111. The third-order valence-corrected chi connectivity index (χ3v) is 5.54. The van der Waals surface area contributed by atoms with Gasteiger partial charge >= 0.3 is 0 Å². The summed E-state index contributed by atoms with van der Waals surface area (Å²) in [5.41, 5.74) is 3.62. The van der Waals surface area contributed by atoms with E-state index in [1.165, 1.54) is 24.5 Å². The molecule has 1 amide bonds. The number of ether oxygens (including phenoxy) is 2. The zero-order valence-corrected chi connectivity index (χ0v) is 18.3. The number of amides is 1. The second-order valence-electron chi connectivity index (χ2n) is 7.71. The molecule has 5 rings (SSSR count). The van der Waals surface area contributed by atoms with Crippen LogP contribution in [0.4, 0.5) is 15.8 Å². The minimum absolute atomic E-state index is 0.0113. The summed E-state index contributed by atoms with van der Waals surface area (Å²) in [4.78, 5) is 25.7. The van der Waals surface area contributed by atoms with Gasteiger partial charge in [-0.3, -0.25) is 4.79 Å². The molecule has 2 aromatic heterocycles. The van der Waals surface area contributed by atoms with E-state index in [1.54, 1.807) is 0 Å². The average Bonchev–Trinajstić information content (AvgIpc) is 3.32. The topological polar surface area (TPSA) is 92.4 Å². The largest absolute Gasteiger partial charge is 0.438 e. The van der Waals surface area contributed by atoms with Crippen molar-refractivity contribution in [3.8, 4) is 22.9 Å². The molecule has 9 heteroatoms. The quantitative estimate of drug-likeness (QED) is 0.412. The molecule has 4 aromatic rings. The summed E-state index contributed by atoms with van der Waals surface area (Å²) in [7, 11) is 0. The third-order valence-electron chi connectivity index (χ3n) is 5.54. The molecule has 1 saturated heterocycles. The van der Waals surface area contributed by atoms with E-state index in [2.05, 4.69) is 56.0 Å². The number of benzene rings is 2. The highest BCUT2D eigenvalue weighted by atomic mass is 19.1. The van der Waals surface area contributed by atoms with E-state index < -0.39 is 11.7 Å². The molecule has 0 spiro atoms. The maximum atomic E-state index is 14.1. The van der Waals surface area contributed by atoms with Gasteiger partial charge in [0.2, 0.25) is 11.8 Å². The van der Waals surface area contributed by atoms with Gasteiger partial charge in [0, 0.05) is 30.5 Å². The number of nitrogens with zero attached hydrogens (tertiary/aromatic N) is 3. The minimum Gasteiger partial charge on any atom is -0.438 e. The highest BCUT2D eigenvalue weighted by Crippen LogP contribution is 2.32. The molecule has 1 aliphatic heterocycles. The number of carbonyl (C=O) groups is 1. The summed E-state index contributed by atoms with van der Waals surface area (Å²) in [6.45, 7) is 6.61. The van der Waals surface area contributed by atoms with E-state index in [4.69, 9.17) is 9.47 Å². The van der Waals surface area contributed by atoms with Crippen LogP contribution in [-0.2, 0) is 9.53 Å². The number of hydrogen-bond donors (Lipinski definition) is 2. The van der Waals surface area contributed by atoms with Crippen LogP contribution in [0, 0.1) is 5.82 Å². The number of fused-ring (bicyclic) bond motifs is 1. The first-order chi connectivity index (χ1) is 16.6. The number of anilines is 2. The fraction of sp³-hybridized carbons (Fsp3) is 0.160. The molecular weight excluding hydrogens is 437 g/mol. The van der Waals surface area contributed by atoms with Crippen LogP contribution in [0.5, 0.6) is 11.6 Å². The first-order valence-corrected chi connectivity index (χ1v) is 10.8. The van der Waals surface area contributed by atoms with Gasteiger partial charge in [0.15, 0.2) is 0 Å². The number of carbonyl (C=O) groups excluding carboxylic acids is 1. The zero-order valence-electron chi connectivity index (χ0n) is 18.3. The van der Waals surface area contributed by atoms with E-state index in [0.717, 1.165) is 49.3 Å². The van der Waals surface area contributed by atoms with Gasteiger partial charge in [-0.05, 0) is 42.0 Å². The molecule has 172 valence electrons. The molecule has 1 aliphatic rings. The Labute approximate surface area is 195 Å². The first-order valence-electron chi connectivity index (χ1n) is 10.8. The Morgan fingerprint density at radius 2 is 1.94 bits per heavy atom. The van der Waals surface area contributed by atoms with Crippen molar-refractivity contribution in [1.29, 1.82) is 0 Å². The van der Waals surface area contributed by atoms with E-state index in [-0.39, 0.29) is 5.69 Å². The van der Waals surface area contributed by atoms with Crippen LogP contribution in [0.15, 0.2) is 67.5 Å². The Balaban J connectivity index is 1.40. The van der Waals surface area contributed by atoms with E-state index in [1.807, 2.05) is 6.07 Å². The molecule has 0 radical (unpaired) electrons. The van der Waals surface area contributed by atoms with Gasteiger partial charge in [-0.1, -0.05) is 18.7 Å². The summed E-state index contributed by atoms with van der Waals surface area (Å²) in [6, 6.07) is 14.3. The van der Waals surface area contributed by atoms with Gasteiger partial charge in [-0.15, -0.1) is 0 Å². The summed E-state index contributed by atoms with van der Waals surface area (Å²) in [5, 5.41) is 3.09. The van der Waals surface area contributed by atoms with Crippen LogP contribution in [0.1, 0.15) is 0 Å². The lowest BCUT2D eigenvalue weighted by Crippen LogP contribution is -2.36. The number of halogens is 1. The van der Waals surface area contributed by atoms with Gasteiger partial charge in [-0.2, -0.15) is 0 Å². The van der Waals surface area contributed by atoms with E-state index in [9.17, 15) is 9.18 Å². The van der Waals surface area contributed by atoms with Crippen LogP contribution in [-0.4, -0.2) is 47.2 Å². The standard InChI is InChI=1S/C25H22FN5O3/c1-2-23(32)29-22-13-18(7-8-20(22)26)34-25-19-14-21(30-24(19)27-15-28-25)16-3-5-17(6-4-16)31-9-11-33-12-10-31/h2-8,13-15H,1,9-12H2,(H,29,32)(H,27,28,30). The Hall–Kier alpha value is -4.24. The van der Waals surface area contributed by atoms with Gasteiger partial charge in [0.1, 0.15) is 23.5 Å². The molecular formula is C25H22FN5O3. The second-order valence-corrected chi connectivity index (χ2v) is 7.71. The van der Waals surface area contributed by atoms with Crippen molar-refractivity contribution < 1.29 is 18.7 Å². The van der Waals surface area contributed by atoms with Gasteiger partial charge in [-0.25, -0.2) is 14.4 Å². The molecule has 34 heavy (non-hydrogen) atoms. The van der Waals surface area contributed by atoms with Crippen LogP contribution in [0.25, 0.3) is 22.3 Å². The molecule has 1 fully saturated rings. The molecule has 0 unspecified atom stereocenters. The third kappa shape index (κ3) is 4.46. The van der Waals surface area contributed by atoms with Gasteiger partial charge in [0.05, 0.1) is 24.3 Å². The Bertz CT molecular complexity index is 1350. The van der Waals surface area contributed by atoms with Crippen LogP contribution in [0.2, 0.25) is 0 Å². The lowest BCUT2D eigenvalue weighted by Gasteiger charge is -2.28. The predicted octanol–water partition coefficient (Wildman–Crippen LogP) is 4.52. The summed E-state index contributed by atoms with van der Waals surface area (Å²) >= 11 is 0. The Kier molecular flexibility index (Phi) is 5.92. The number of H-pyrrole nitrogens is 1. The SMILES string of the molecule is C=CC(=O)Nc1cc(Oc2ncnc3[nH]c(-c4ccc(N5CCOCC5)cc4)cc23)ccc1F. The maximum absolute atomic E-state index is 14.1. The summed E-state index contributed by atoms with van der Waals surface area (Å²) < 4.78 is 25.4. The van der Waals surface area contributed by atoms with Crippen molar-refractivity contribution in [2.24, 2.45) is 0 Å². The Morgan fingerprint density at radius 3 is 2.71 bits per heavy atom. The monoisotopic (exact) mass is 459 g/mol. The minimum atomic E-state index is -0.583. The lowest BCUT2D eigenvalue weighted by atomic mass is 10.1. The molecule has 0 bridgehead atoms. The number of rotatable bonds is 6. The number of morpholine rings is 1. The highest BCUT2D eigenvalue weighted by molar-refractivity contribution is 5.99. The van der Waals surface area contributed by atoms with Crippen molar-refractivity contribution >= 4 is 28.3 Å². The smallest absolute Gasteiger partial charge is 0.247 e. The molecule has 0 atom stereocenters. The van der Waals surface area contributed by atoms with Crippen molar-refractivity contribution in [3.05, 3.63) is 73.3 Å². The van der Waals surface area contributed by atoms with Crippen molar-refractivity contribution in [3.63, 3.8) is 0 Å². The Morgan fingerprint density at radius 1 is 1.15 bits per heavy atom. The van der Waals surface area contributed by atoms with Crippen LogP contribution < -0.4 is 15.0 Å². The highest BCUT2D eigenvalue weighted by Gasteiger charge is 2.15. The van der Waals surface area contributed by atoms with Crippen LogP contribution >= 0.6 is 0 Å². The number of nitrogens with one attached hydrogen (secondary N) is 2. The fourth-order valence-electron chi connectivity index (χ4n) is 3.79. The zero-order chi connectivity index (χ0) is 23.5. The second kappa shape index (κ2) is 9.32. The summed E-state index contributed by atoms with van der Waals surface area (Å²) in [6.07, 6.45) is 2.46. The normalized spacial score (nSPS) is 13.6. The molecule has 2 aromatic carbocycles.